The topological polar surface area (TPSA) is 137 Å². The Hall–Kier alpha value is -4.27. The molecular weight excluding hydrogens is 434 g/mol. The molecule has 4 rings (SSSR count). The SMILES string of the molecule is CCCCCC/C=C/Oc1ccc(C(=O)c2cccc3c(=O)c(N)c(-c4nn[nH]n4)oc23)cc1. The van der Waals surface area contributed by atoms with Crippen LogP contribution in [-0.2, 0) is 0 Å². The Morgan fingerprint density at radius 3 is 2.71 bits per heavy atom. The zero-order valence-electron chi connectivity index (χ0n) is 18.8. The number of H-pyrrole nitrogens is 1. The highest BCUT2D eigenvalue weighted by Crippen LogP contribution is 2.28. The minimum Gasteiger partial charge on any atom is -0.465 e. The molecule has 174 valence electrons. The van der Waals surface area contributed by atoms with E-state index in [1.807, 2.05) is 6.08 Å². The first-order valence-corrected chi connectivity index (χ1v) is 11.2. The fraction of sp³-hybridized carbons (Fsp3) is 0.240. The second-order valence-corrected chi connectivity index (χ2v) is 7.78. The van der Waals surface area contributed by atoms with Crippen LogP contribution >= 0.6 is 0 Å². The number of carbonyl (C=O) groups excluding carboxylic acids is 1. The van der Waals surface area contributed by atoms with Crippen LogP contribution in [0.5, 0.6) is 5.75 Å². The fourth-order valence-corrected chi connectivity index (χ4v) is 3.56. The minimum atomic E-state index is -0.471. The molecule has 0 spiro atoms. The number of nitrogen functional groups attached to an aromatic ring is 1. The zero-order chi connectivity index (χ0) is 23.9. The summed E-state index contributed by atoms with van der Waals surface area (Å²) in [6.07, 6.45) is 9.46. The van der Waals surface area contributed by atoms with Crippen LogP contribution in [0, 0.1) is 0 Å². The number of fused-ring (bicyclic) bond motifs is 1. The van der Waals surface area contributed by atoms with Crippen molar-refractivity contribution >= 4 is 22.4 Å². The lowest BCUT2D eigenvalue weighted by Crippen LogP contribution is -2.12. The summed E-state index contributed by atoms with van der Waals surface area (Å²) in [5.41, 5.74) is 6.07. The average molecular weight is 460 g/mol. The van der Waals surface area contributed by atoms with Crippen molar-refractivity contribution in [2.45, 2.75) is 39.0 Å². The molecule has 2 aromatic carbocycles. The van der Waals surface area contributed by atoms with Crippen molar-refractivity contribution in [1.82, 2.24) is 20.6 Å². The highest BCUT2D eigenvalue weighted by molar-refractivity contribution is 6.15. The van der Waals surface area contributed by atoms with Gasteiger partial charge in [0.25, 0.3) is 0 Å². The maximum absolute atomic E-state index is 13.3. The van der Waals surface area contributed by atoms with Gasteiger partial charge in [0, 0.05) is 5.56 Å². The lowest BCUT2D eigenvalue weighted by molar-refractivity contribution is 0.103. The van der Waals surface area contributed by atoms with E-state index in [1.165, 1.54) is 19.3 Å². The number of tetrazole rings is 1. The molecule has 0 amide bonds. The van der Waals surface area contributed by atoms with E-state index in [0.717, 1.165) is 12.8 Å². The summed E-state index contributed by atoms with van der Waals surface area (Å²) in [6, 6.07) is 11.5. The Bertz CT molecular complexity index is 1360. The van der Waals surface area contributed by atoms with Gasteiger partial charge in [-0.05, 0) is 60.5 Å². The third-order valence-electron chi connectivity index (χ3n) is 5.39. The Morgan fingerprint density at radius 1 is 1.15 bits per heavy atom. The van der Waals surface area contributed by atoms with Gasteiger partial charge in [-0.2, -0.15) is 5.21 Å². The maximum atomic E-state index is 13.3. The number of nitrogens with one attached hydrogen (secondary N) is 1. The predicted molar refractivity (Wildman–Crippen MR) is 128 cm³/mol. The summed E-state index contributed by atoms with van der Waals surface area (Å²) in [4.78, 5) is 26.0. The summed E-state index contributed by atoms with van der Waals surface area (Å²) < 4.78 is 11.5. The van der Waals surface area contributed by atoms with Gasteiger partial charge in [0.2, 0.25) is 17.0 Å². The number of ether oxygens (including phenoxy) is 1. The van der Waals surface area contributed by atoms with Crippen molar-refractivity contribution < 1.29 is 13.9 Å². The molecule has 0 atom stereocenters. The largest absolute Gasteiger partial charge is 0.465 e. The van der Waals surface area contributed by atoms with E-state index in [1.54, 1.807) is 48.7 Å². The number of carbonyl (C=O) groups is 1. The zero-order valence-corrected chi connectivity index (χ0v) is 18.8. The number of ketones is 1. The van der Waals surface area contributed by atoms with E-state index in [2.05, 4.69) is 27.5 Å². The number of allylic oxidation sites excluding steroid dienone is 1. The Kier molecular flexibility index (Phi) is 7.12. The number of nitrogens with two attached hydrogens (primary N) is 1. The second kappa shape index (κ2) is 10.6. The third-order valence-corrected chi connectivity index (χ3v) is 5.39. The molecule has 0 aliphatic carbocycles. The van der Waals surface area contributed by atoms with Gasteiger partial charge in [0.15, 0.2) is 5.78 Å². The molecule has 0 saturated carbocycles. The molecule has 34 heavy (non-hydrogen) atoms. The molecule has 0 aliphatic heterocycles. The van der Waals surface area contributed by atoms with Gasteiger partial charge in [0.1, 0.15) is 17.0 Å². The number of benzene rings is 2. The van der Waals surface area contributed by atoms with E-state index in [9.17, 15) is 9.59 Å². The van der Waals surface area contributed by atoms with Crippen molar-refractivity contribution in [3.8, 4) is 17.3 Å². The standard InChI is InChI=1S/C25H25N5O4/c1-2-3-4-5-6-7-15-33-17-13-11-16(12-14-17)21(31)18-9-8-10-19-22(32)20(26)24(34-23(18)19)25-27-29-30-28-25/h7-15H,2-6,26H2,1H3,(H,27,28,29,30)/b15-7+. The first kappa shape index (κ1) is 22.9. The lowest BCUT2D eigenvalue weighted by Gasteiger charge is -2.08. The van der Waals surface area contributed by atoms with Crippen LogP contribution < -0.4 is 15.9 Å². The molecule has 0 radical (unpaired) electrons. The quantitative estimate of drug-likeness (QED) is 0.199. The third kappa shape index (κ3) is 4.88. The molecule has 0 saturated heterocycles. The Balaban J connectivity index is 1.56. The molecule has 0 fully saturated rings. The van der Waals surface area contributed by atoms with Gasteiger partial charge in [-0.1, -0.05) is 32.3 Å². The van der Waals surface area contributed by atoms with Crippen LogP contribution in [0.3, 0.4) is 0 Å². The number of unbranched alkanes of at least 4 members (excludes halogenated alkanes) is 4. The van der Waals surface area contributed by atoms with E-state index in [-0.39, 0.29) is 39.6 Å². The van der Waals surface area contributed by atoms with Crippen LogP contribution in [0.1, 0.15) is 54.9 Å². The number of nitrogens with zero attached hydrogens (tertiary/aromatic N) is 3. The summed E-state index contributed by atoms with van der Waals surface area (Å²) in [5, 5.41) is 13.6. The molecule has 0 unspecified atom stereocenters. The van der Waals surface area contributed by atoms with Gasteiger partial charge in [0.05, 0.1) is 17.2 Å². The normalized spacial score (nSPS) is 11.3. The highest BCUT2D eigenvalue weighted by Gasteiger charge is 2.21. The van der Waals surface area contributed by atoms with Gasteiger partial charge in [-0.15, -0.1) is 10.2 Å². The van der Waals surface area contributed by atoms with Crippen LogP contribution in [0.25, 0.3) is 22.6 Å². The van der Waals surface area contributed by atoms with Gasteiger partial charge in [-0.3, -0.25) is 9.59 Å². The second-order valence-electron chi connectivity index (χ2n) is 7.78. The fourth-order valence-electron chi connectivity index (χ4n) is 3.56. The first-order valence-electron chi connectivity index (χ1n) is 11.2. The van der Waals surface area contributed by atoms with Crippen molar-refractivity contribution in [1.29, 1.82) is 0 Å². The van der Waals surface area contributed by atoms with Crippen LogP contribution in [0.15, 0.2) is 64.0 Å². The monoisotopic (exact) mass is 459 g/mol. The number of para-hydroxylation sites is 1. The predicted octanol–water partition coefficient (Wildman–Crippen LogP) is 4.65. The molecule has 2 heterocycles. The molecule has 2 aromatic heterocycles. The lowest BCUT2D eigenvalue weighted by atomic mass is 10.0. The smallest absolute Gasteiger partial charge is 0.242 e. The van der Waals surface area contributed by atoms with E-state index >= 15 is 0 Å². The Morgan fingerprint density at radius 2 is 1.97 bits per heavy atom. The number of hydrogen-bond acceptors (Lipinski definition) is 8. The van der Waals surface area contributed by atoms with Gasteiger partial charge >= 0.3 is 0 Å². The Labute approximate surface area is 195 Å². The van der Waals surface area contributed by atoms with E-state index in [4.69, 9.17) is 14.9 Å². The van der Waals surface area contributed by atoms with Crippen LogP contribution in [-0.4, -0.2) is 26.4 Å². The molecule has 9 nitrogen and oxygen atoms in total. The maximum Gasteiger partial charge on any atom is 0.242 e. The van der Waals surface area contributed by atoms with E-state index in [0.29, 0.717) is 11.3 Å². The van der Waals surface area contributed by atoms with Crippen LogP contribution in [0.4, 0.5) is 5.69 Å². The average Bonchev–Trinajstić information content (AvgIpc) is 3.40. The molecule has 0 bridgehead atoms. The number of rotatable bonds is 10. The van der Waals surface area contributed by atoms with Gasteiger partial charge in [-0.25, -0.2) is 0 Å². The summed E-state index contributed by atoms with van der Waals surface area (Å²) >= 11 is 0. The highest BCUT2D eigenvalue weighted by atomic mass is 16.5. The van der Waals surface area contributed by atoms with Crippen molar-refractivity contribution in [2.75, 3.05) is 5.73 Å². The summed E-state index contributed by atoms with van der Waals surface area (Å²) in [5.74, 6) is 0.295. The number of hydrogen-bond donors (Lipinski definition) is 2. The summed E-state index contributed by atoms with van der Waals surface area (Å²) in [7, 11) is 0. The molecule has 9 heteroatoms. The number of anilines is 1. The van der Waals surface area contributed by atoms with Crippen LogP contribution in [0.2, 0.25) is 0 Å². The summed E-state index contributed by atoms with van der Waals surface area (Å²) in [6.45, 7) is 2.19. The molecular formula is C25H25N5O4. The molecule has 0 aliphatic rings. The molecule has 3 N–H and O–H groups in total. The number of aromatic amines is 1. The molecule has 4 aromatic rings. The number of aromatic nitrogens is 4. The first-order chi connectivity index (χ1) is 16.6. The van der Waals surface area contributed by atoms with Crippen molar-refractivity contribution in [3.63, 3.8) is 0 Å². The minimum absolute atomic E-state index is 0.0265. The van der Waals surface area contributed by atoms with E-state index < -0.39 is 5.43 Å². The van der Waals surface area contributed by atoms with Crippen molar-refractivity contribution in [2.24, 2.45) is 0 Å². The van der Waals surface area contributed by atoms with Gasteiger partial charge < -0.3 is 14.9 Å². The van der Waals surface area contributed by atoms with Crippen molar-refractivity contribution in [3.05, 3.63) is 76.2 Å².